The van der Waals surface area contributed by atoms with Crippen molar-refractivity contribution in [3.63, 3.8) is 0 Å². The van der Waals surface area contributed by atoms with Gasteiger partial charge in [0.2, 0.25) is 0 Å². The van der Waals surface area contributed by atoms with Gasteiger partial charge in [0.1, 0.15) is 5.82 Å². The first-order valence-electron chi connectivity index (χ1n) is 8.70. The smallest absolute Gasteiger partial charge is 0.159 e. The molecule has 1 fully saturated rings. The molecule has 26 heavy (non-hydrogen) atoms. The second kappa shape index (κ2) is 7.09. The first-order valence-corrected chi connectivity index (χ1v) is 8.70. The minimum absolute atomic E-state index is 0.594. The predicted octanol–water partition coefficient (Wildman–Crippen LogP) is 3.12. The molecule has 3 aromatic rings. The van der Waals surface area contributed by atoms with E-state index < -0.39 is 0 Å². The van der Waals surface area contributed by atoms with Crippen molar-refractivity contribution in [2.75, 3.05) is 31.2 Å². The Balaban J connectivity index is 1.70. The van der Waals surface area contributed by atoms with E-state index in [1.165, 1.54) is 5.56 Å². The van der Waals surface area contributed by atoms with Gasteiger partial charge in [-0.15, -0.1) is 0 Å². The van der Waals surface area contributed by atoms with E-state index in [1.807, 2.05) is 24.4 Å². The van der Waals surface area contributed by atoms with Gasteiger partial charge in [-0.3, -0.25) is 0 Å². The molecular formula is C20H21N5O. The fourth-order valence-corrected chi connectivity index (χ4v) is 3.01. The lowest BCUT2D eigenvalue weighted by Gasteiger charge is -2.28. The van der Waals surface area contributed by atoms with Crippen molar-refractivity contribution in [2.45, 2.75) is 6.92 Å². The first kappa shape index (κ1) is 16.5. The fraction of sp³-hybridized carbons (Fsp3) is 0.250. The molecule has 4 rings (SSSR count). The molecule has 1 aliphatic heterocycles. The molecule has 0 amide bonds. The number of hydrogen-bond donors (Lipinski definition) is 0. The zero-order valence-corrected chi connectivity index (χ0v) is 14.8. The summed E-state index contributed by atoms with van der Waals surface area (Å²) in [6.45, 7) is 8.96. The average Bonchev–Trinajstić information content (AvgIpc) is 3.19. The van der Waals surface area contributed by atoms with Crippen LogP contribution in [0.4, 0.5) is 5.82 Å². The highest BCUT2D eigenvalue weighted by Crippen LogP contribution is 2.21. The number of aromatic nitrogens is 4. The molecule has 0 bridgehead atoms. The van der Waals surface area contributed by atoms with Gasteiger partial charge in [0.15, 0.2) is 11.6 Å². The lowest BCUT2D eigenvalue weighted by Crippen LogP contribution is -2.37. The zero-order chi connectivity index (χ0) is 17.9. The van der Waals surface area contributed by atoms with Gasteiger partial charge in [-0.05, 0) is 25.1 Å². The van der Waals surface area contributed by atoms with Crippen molar-refractivity contribution in [2.24, 2.45) is 0 Å². The van der Waals surface area contributed by atoms with Crippen LogP contribution in [0, 0.1) is 6.92 Å². The third-order valence-electron chi connectivity index (χ3n) is 4.37. The standard InChI is InChI=1S/C20H21N5O/c1-3-18-21-19(24-9-11-26-12-10-24)14-20(22-18)25-8-7-17(23-25)16-6-4-5-15(2)13-16/h3-8,13-14H,1,9-12H2,2H3. The summed E-state index contributed by atoms with van der Waals surface area (Å²) in [5.74, 6) is 2.20. The molecule has 0 saturated carbocycles. The monoisotopic (exact) mass is 347 g/mol. The number of nitrogens with zero attached hydrogens (tertiary/aromatic N) is 5. The molecule has 0 N–H and O–H groups in total. The van der Waals surface area contributed by atoms with Gasteiger partial charge >= 0.3 is 0 Å². The van der Waals surface area contributed by atoms with Crippen LogP contribution in [0.1, 0.15) is 11.4 Å². The van der Waals surface area contributed by atoms with E-state index in [1.54, 1.807) is 10.8 Å². The predicted molar refractivity (Wildman–Crippen MR) is 102 cm³/mol. The van der Waals surface area contributed by atoms with E-state index in [4.69, 9.17) is 9.84 Å². The maximum absolute atomic E-state index is 5.43. The molecule has 2 aromatic heterocycles. The Bertz CT molecular complexity index is 927. The van der Waals surface area contributed by atoms with Crippen LogP contribution in [0.3, 0.4) is 0 Å². The van der Waals surface area contributed by atoms with Crippen LogP contribution in [0.25, 0.3) is 23.2 Å². The number of hydrogen-bond acceptors (Lipinski definition) is 5. The van der Waals surface area contributed by atoms with Crippen LogP contribution in [-0.2, 0) is 4.74 Å². The Hall–Kier alpha value is -2.99. The highest BCUT2D eigenvalue weighted by molar-refractivity contribution is 5.60. The molecule has 1 saturated heterocycles. The third kappa shape index (κ3) is 3.36. The highest BCUT2D eigenvalue weighted by atomic mass is 16.5. The number of anilines is 1. The van der Waals surface area contributed by atoms with Gasteiger partial charge in [-0.1, -0.05) is 30.3 Å². The number of benzene rings is 1. The van der Waals surface area contributed by atoms with Gasteiger partial charge in [0.25, 0.3) is 0 Å². The zero-order valence-electron chi connectivity index (χ0n) is 14.8. The summed E-state index contributed by atoms with van der Waals surface area (Å²) >= 11 is 0. The van der Waals surface area contributed by atoms with Gasteiger partial charge in [-0.2, -0.15) is 5.10 Å². The minimum atomic E-state index is 0.594. The molecule has 0 radical (unpaired) electrons. The van der Waals surface area contributed by atoms with Crippen LogP contribution in [-0.4, -0.2) is 46.1 Å². The van der Waals surface area contributed by atoms with E-state index in [2.05, 4.69) is 46.6 Å². The first-order chi connectivity index (χ1) is 12.7. The Morgan fingerprint density at radius 2 is 1.88 bits per heavy atom. The third-order valence-corrected chi connectivity index (χ3v) is 4.37. The normalized spacial score (nSPS) is 14.4. The van der Waals surface area contributed by atoms with Crippen molar-refractivity contribution in [3.8, 4) is 17.1 Å². The van der Waals surface area contributed by atoms with Crippen LogP contribution in [0.2, 0.25) is 0 Å². The van der Waals surface area contributed by atoms with Crippen LogP contribution < -0.4 is 4.90 Å². The number of ether oxygens (including phenoxy) is 1. The van der Waals surface area contributed by atoms with Gasteiger partial charge < -0.3 is 9.64 Å². The Morgan fingerprint density at radius 1 is 1.08 bits per heavy atom. The highest BCUT2D eigenvalue weighted by Gasteiger charge is 2.15. The molecule has 0 spiro atoms. The molecule has 0 unspecified atom stereocenters. The van der Waals surface area contributed by atoms with Crippen molar-refractivity contribution < 1.29 is 4.74 Å². The second-order valence-electron chi connectivity index (χ2n) is 6.26. The molecular weight excluding hydrogens is 326 g/mol. The van der Waals surface area contributed by atoms with E-state index in [0.717, 1.165) is 36.0 Å². The van der Waals surface area contributed by atoms with Crippen molar-refractivity contribution >= 4 is 11.9 Å². The maximum Gasteiger partial charge on any atom is 0.159 e. The van der Waals surface area contributed by atoms with Crippen LogP contribution in [0.5, 0.6) is 0 Å². The quantitative estimate of drug-likeness (QED) is 0.726. The number of aryl methyl sites for hydroxylation is 1. The van der Waals surface area contributed by atoms with Crippen molar-refractivity contribution in [1.29, 1.82) is 0 Å². The second-order valence-corrected chi connectivity index (χ2v) is 6.26. The van der Waals surface area contributed by atoms with Gasteiger partial charge in [0.05, 0.1) is 18.9 Å². The van der Waals surface area contributed by atoms with E-state index in [-0.39, 0.29) is 0 Å². The van der Waals surface area contributed by atoms with E-state index in [0.29, 0.717) is 19.0 Å². The summed E-state index contributed by atoms with van der Waals surface area (Å²) in [6, 6.07) is 12.3. The topological polar surface area (TPSA) is 56.1 Å². The molecule has 1 aliphatic rings. The molecule has 132 valence electrons. The largest absolute Gasteiger partial charge is 0.378 e. The summed E-state index contributed by atoms with van der Waals surface area (Å²) < 4.78 is 7.22. The Morgan fingerprint density at radius 3 is 2.65 bits per heavy atom. The van der Waals surface area contributed by atoms with Crippen LogP contribution in [0.15, 0.2) is 49.2 Å². The number of morpholine rings is 1. The van der Waals surface area contributed by atoms with Gasteiger partial charge in [-0.25, -0.2) is 14.6 Å². The summed E-state index contributed by atoms with van der Waals surface area (Å²) in [5.41, 5.74) is 3.22. The maximum atomic E-state index is 5.43. The van der Waals surface area contributed by atoms with Gasteiger partial charge in [0, 0.05) is 30.9 Å². The molecule has 6 heteroatoms. The lowest BCUT2D eigenvalue weighted by molar-refractivity contribution is 0.122. The minimum Gasteiger partial charge on any atom is -0.378 e. The molecule has 0 aliphatic carbocycles. The Kier molecular flexibility index (Phi) is 4.50. The summed E-state index contributed by atoms with van der Waals surface area (Å²) in [7, 11) is 0. The summed E-state index contributed by atoms with van der Waals surface area (Å²) in [6.07, 6.45) is 3.59. The van der Waals surface area contributed by atoms with E-state index >= 15 is 0 Å². The van der Waals surface area contributed by atoms with Crippen LogP contribution >= 0.6 is 0 Å². The lowest BCUT2D eigenvalue weighted by atomic mass is 10.1. The summed E-state index contributed by atoms with van der Waals surface area (Å²) in [5, 5.41) is 4.70. The van der Waals surface area contributed by atoms with Crippen molar-refractivity contribution in [1.82, 2.24) is 19.7 Å². The number of rotatable bonds is 4. The molecule has 6 nitrogen and oxygen atoms in total. The summed E-state index contributed by atoms with van der Waals surface area (Å²) in [4.78, 5) is 11.3. The average molecular weight is 347 g/mol. The molecule has 1 aromatic carbocycles. The fourth-order valence-electron chi connectivity index (χ4n) is 3.01. The van der Waals surface area contributed by atoms with E-state index in [9.17, 15) is 0 Å². The molecule has 3 heterocycles. The van der Waals surface area contributed by atoms with Crippen molar-refractivity contribution in [3.05, 3.63) is 60.6 Å². The SMILES string of the molecule is C=Cc1nc(N2CCOCC2)cc(-n2ccc(-c3cccc(C)c3)n2)n1. The Labute approximate surface area is 152 Å². The molecule has 0 atom stereocenters.